The molecule has 2 heteroatoms. The van der Waals surface area contributed by atoms with Crippen LogP contribution in [0.2, 0.25) is 0 Å². The van der Waals surface area contributed by atoms with Crippen LogP contribution >= 0.6 is 11.3 Å². The van der Waals surface area contributed by atoms with Crippen LogP contribution < -0.4 is 0 Å². The molecule has 0 saturated heterocycles. The largest absolute Gasteiger partial charge is 0.237 e. The number of pyridine rings is 1. The minimum Gasteiger partial charge on any atom is -0.237 e. The molecule has 0 spiro atoms. The Bertz CT molecular complexity index is 519. The number of nitrogens with zero attached hydrogens (tertiary/aromatic N) is 1. The third kappa shape index (κ3) is 1.03. The summed E-state index contributed by atoms with van der Waals surface area (Å²) in [5, 5.41) is 4.54. The quantitative estimate of drug-likeness (QED) is 0.522. The van der Waals surface area contributed by atoms with Crippen LogP contribution in [0.4, 0.5) is 0 Å². The Morgan fingerprint density at radius 3 is 2.92 bits per heavy atom. The number of benzene rings is 1. The molecule has 13 heavy (non-hydrogen) atoms. The summed E-state index contributed by atoms with van der Waals surface area (Å²) in [5.74, 6) is 0. The smallest absolute Gasteiger partial charge is 0.123 e. The van der Waals surface area contributed by atoms with Gasteiger partial charge < -0.3 is 0 Å². The molecule has 3 aromatic rings. The molecule has 0 saturated carbocycles. The third-order valence-electron chi connectivity index (χ3n) is 2.14. The van der Waals surface area contributed by atoms with Gasteiger partial charge in [-0.15, -0.1) is 11.3 Å². The topological polar surface area (TPSA) is 12.9 Å². The number of aromatic nitrogens is 1. The van der Waals surface area contributed by atoms with Gasteiger partial charge in [0.15, 0.2) is 0 Å². The van der Waals surface area contributed by atoms with Gasteiger partial charge in [-0.3, -0.25) is 0 Å². The molecule has 0 radical (unpaired) electrons. The zero-order valence-corrected chi connectivity index (χ0v) is 7.71. The summed E-state index contributed by atoms with van der Waals surface area (Å²) in [4.78, 5) is 5.68. The van der Waals surface area contributed by atoms with E-state index in [4.69, 9.17) is 0 Å². The highest BCUT2D eigenvalue weighted by Gasteiger charge is 1.98. The summed E-state index contributed by atoms with van der Waals surface area (Å²) in [6, 6.07) is 12.5. The van der Waals surface area contributed by atoms with E-state index in [0.717, 1.165) is 10.3 Å². The predicted molar refractivity (Wildman–Crippen MR) is 57.1 cm³/mol. The fourth-order valence-electron chi connectivity index (χ4n) is 1.50. The summed E-state index contributed by atoms with van der Waals surface area (Å²) < 4.78 is 0. The summed E-state index contributed by atoms with van der Waals surface area (Å²) in [6.07, 6.45) is 0. The molecule has 1 nitrogen and oxygen atoms in total. The molecule has 0 fully saturated rings. The molecule has 0 aliphatic carbocycles. The van der Waals surface area contributed by atoms with Gasteiger partial charge in [0.05, 0.1) is 5.52 Å². The van der Waals surface area contributed by atoms with Crippen LogP contribution in [0.25, 0.3) is 21.1 Å². The molecule has 0 N–H and O–H groups in total. The Kier molecular flexibility index (Phi) is 1.37. The van der Waals surface area contributed by atoms with Crippen LogP contribution in [0.15, 0.2) is 41.8 Å². The molecule has 3 rings (SSSR count). The first-order valence-corrected chi connectivity index (χ1v) is 5.04. The number of hydrogen-bond acceptors (Lipinski definition) is 2. The summed E-state index contributed by atoms with van der Waals surface area (Å²) in [5.41, 5.74) is 1.08. The lowest BCUT2D eigenvalue weighted by atomic mass is 10.2. The maximum absolute atomic E-state index is 4.56. The van der Waals surface area contributed by atoms with Gasteiger partial charge in [-0.05, 0) is 23.6 Å². The van der Waals surface area contributed by atoms with Crippen molar-refractivity contribution in [2.24, 2.45) is 0 Å². The molecule has 0 aliphatic rings. The molecule has 0 unspecified atom stereocenters. The molecule has 0 amide bonds. The zero-order valence-electron chi connectivity index (χ0n) is 6.90. The molecule has 0 bridgehead atoms. The van der Waals surface area contributed by atoms with Crippen LogP contribution in [0.5, 0.6) is 0 Å². The van der Waals surface area contributed by atoms with E-state index in [2.05, 4.69) is 34.6 Å². The Morgan fingerprint density at radius 1 is 1.00 bits per heavy atom. The van der Waals surface area contributed by atoms with Gasteiger partial charge in [0.25, 0.3) is 0 Å². The van der Waals surface area contributed by atoms with Crippen molar-refractivity contribution in [2.75, 3.05) is 0 Å². The molecule has 0 atom stereocenters. The summed E-state index contributed by atoms with van der Waals surface area (Å²) in [7, 11) is 0. The van der Waals surface area contributed by atoms with Crippen molar-refractivity contribution in [3.63, 3.8) is 0 Å². The Morgan fingerprint density at radius 2 is 1.92 bits per heavy atom. The van der Waals surface area contributed by atoms with Crippen molar-refractivity contribution >= 4 is 32.5 Å². The minimum absolute atomic E-state index is 1.08. The number of fused-ring (bicyclic) bond motifs is 2. The van der Waals surface area contributed by atoms with Crippen molar-refractivity contribution < 1.29 is 0 Å². The molecule has 2 heterocycles. The lowest BCUT2D eigenvalue weighted by molar-refractivity contribution is 1.54. The number of hydrogen-bond donors (Lipinski definition) is 0. The minimum atomic E-state index is 1.08. The van der Waals surface area contributed by atoms with Gasteiger partial charge in [0.1, 0.15) is 4.83 Å². The Labute approximate surface area is 79.7 Å². The zero-order chi connectivity index (χ0) is 8.67. The van der Waals surface area contributed by atoms with Crippen LogP contribution in [0.1, 0.15) is 0 Å². The van der Waals surface area contributed by atoms with Crippen molar-refractivity contribution in [1.82, 2.24) is 4.98 Å². The molecular formula is C11H7NS. The molecule has 2 aromatic heterocycles. The highest BCUT2D eigenvalue weighted by Crippen LogP contribution is 2.22. The second-order valence-corrected chi connectivity index (χ2v) is 3.89. The maximum atomic E-state index is 4.56. The number of rotatable bonds is 0. The molecular weight excluding hydrogens is 178 g/mol. The van der Waals surface area contributed by atoms with Gasteiger partial charge in [-0.1, -0.05) is 18.2 Å². The van der Waals surface area contributed by atoms with Gasteiger partial charge >= 0.3 is 0 Å². The van der Waals surface area contributed by atoms with E-state index in [1.807, 2.05) is 12.1 Å². The van der Waals surface area contributed by atoms with E-state index in [0.29, 0.717) is 0 Å². The first-order valence-electron chi connectivity index (χ1n) is 4.16. The van der Waals surface area contributed by atoms with Crippen molar-refractivity contribution in [3.05, 3.63) is 41.8 Å². The average molecular weight is 185 g/mol. The highest BCUT2D eigenvalue weighted by atomic mass is 32.1. The van der Waals surface area contributed by atoms with E-state index >= 15 is 0 Å². The van der Waals surface area contributed by atoms with E-state index < -0.39 is 0 Å². The molecule has 1 aromatic carbocycles. The summed E-state index contributed by atoms with van der Waals surface area (Å²) in [6.45, 7) is 0. The van der Waals surface area contributed by atoms with Gasteiger partial charge in [0.2, 0.25) is 0 Å². The van der Waals surface area contributed by atoms with Gasteiger partial charge in [-0.2, -0.15) is 0 Å². The third-order valence-corrected chi connectivity index (χ3v) is 2.97. The fourth-order valence-corrected chi connectivity index (χ4v) is 2.26. The van der Waals surface area contributed by atoms with Gasteiger partial charge in [0, 0.05) is 10.8 Å². The Balaban J connectivity index is 2.57. The number of para-hydroxylation sites is 1. The van der Waals surface area contributed by atoms with Crippen molar-refractivity contribution in [1.29, 1.82) is 0 Å². The van der Waals surface area contributed by atoms with Gasteiger partial charge in [-0.25, -0.2) is 4.98 Å². The lowest BCUT2D eigenvalue weighted by Gasteiger charge is -1.95. The first kappa shape index (κ1) is 7.04. The van der Waals surface area contributed by atoms with Crippen LogP contribution in [-0.4, -0.2) is 4.98 Å². The second kappa shape index (κ2) is 2.54. The highest BCUT2D eigenvalue weighted by molar-refractivity contribution is 7.16. The fraction of sp³-hybridized carbons (Fsp3) is 0. The average Bonchev–Trinajstić information content (AvgIpc) is 2.61. The van der Waals surface area contributed by atoms with Crippen molar-refractivity contribution in [2.45, 2.75) is 0 Å². The van der Waals surface area contributed by atoms with E-state index in [-0.39, 0.29) is 0 Å². The predicted octanol–water partition coefficient (Wildman–Crippen LogP) is 3.45. The van der Waals surface area contributed by atoms with Crippen LogP contribution in [0.3, 0.4) is 0 Å². The maximum Gasteiger partial charge on any atom is 0.123 e. The SMILES string of the molecule is c1ccc2nc3sccc3cc2c1. The Hall–Kier alpha value is -1.41. The first-order chi connectivity index (χ1) is 6.43. The monoisotopic (exact) mass is 185 g/mol. The van der Waals surface area contributed by atoms with Crippen LogP contribution in [-0.2, 0) is 0 Å². The van der Waals surface area contributed by atoms with Crippen molar-refractivity contribution in [3.8, 4) is 0 Å². The normalized spacial score (nSPS) is 11.1. The molecule has 0 aliphatic heterocycles. The summed E-state index contributed by atoms with van der Waals surface area (Å²) >= 11 is 1.69. The lowest BCUT2D eigenvalue weighted by Crippen LogP contribution is -1.76. The standard InChI is InChI=1S/C11H7NS/c1-2-4-10-8(3-1)7-9-5-6-13-11(9)12-10/h1-7H. The van der Waals surface area contributed by atoms with E-state index in [1.54, 1.807) is 11.3 Å². The second-order valence-electron chi connectivity index (χ2n) is 3.00. The number of thiophene rings is 1. The van der Waals surface area contributed by atoms with E-state index in [9.17, 15) is 0 Å². The molecule has 62 valence electrons. The van der Waals surface area contributed by atoms with E-state index in [1.165, 1.54) is 10.8 Å². The van der Waals surface area contributed by atoms with Crippen LogP contribution in [0, 0.1) is 0 Å².